The van der Waals surface area contributed by atoms with E-state index in [1.807, 2.05) is 0 Å². The van der Waals surface area contributed by atoms with Crippen molar-refractivity contribution in [1.29, 1.82) is 0 Å². The van der Waals surface area contributed by atoms with E-state index >= 15 is 0 Å². The normalized spacial score (nSPS) is 14.7. The molecule has 0 bridgehead atoms. The van der Waals surface area contributed by atoms with Crippen molar-refractivity contribution in [3.8, 4) is 10.7 Å². The number of nitrogens with zero attached hydrogens (tertiary/aromatic N) is 2. The molecule has 2 aromatic rings. The zero-order valence-electron chi connectivity index (χ0n) is 11.2. The fourth-order valence-corrected chi connectivity index (χ4v) is 2.95. The molecule has 1 aliphatic rings. The molecule has 0 aromatic carbocycles. The smallest absolute Gasteiger partial charge is 0.151 e. The average Bonchev–Trinajstić information content (AvgIpc) is 3.19. The van der Waals surface area contributed by atoms with Gasteiger partial charge in [-0.1, -0.05) is 0 Å². The molecule has 0 amide bonds. The highest BCUT2D eigenvalue weighted by molar-refractivity contribution is 7.15. The van der Waals surface area contributed by atoms with Gasteiger partial charge in [0.2, 0.25) is 0 Å². The Balaban J connectivity index is 1.87. The fourth-order valence-electron chi connectivity index (χ4n) is 1.94. The maximum absolute atomic E-state index is 13.8. The number of nitrogens with one attached hydrogen (secondary N) is 1. The Morgan fingerprint density at radius 3 is 3.05 bits per heavy atom. The van der Waals surface area contributed by atoms with Gasteiger partial charge >= 0.3 is 0 Å². The van der Waals surface area contributed by atoms with Gasteiger partial charge in [0.25, 0.3) is 0 Å². The third-order valence-corrected chi connectivity index (χ3v) is 4.25. The van der Waals surface area contributed by atoms with Crippen molar-refractivity contribution in [1.82, 2.24) is 15.3 Å². The number of halogens is 1. The highest BCUT2D eigenvalue weighted by Gasteiger charge is 2.22. The Morgan fingerprint density at radius 2 is 2.35 bits per heavy atom. The molecular formula is C14H16FN3OS. The summed E-state index contributed by atoms with van der Waals surface area (Å²) in [5.41, 5.74) is 1.18. The van der Waals surface area contributed by atoms with Crippen LogP contribution in [0.15, 0.2) is 18.3 Å². The van der Waals surface area contributed by atoms with E-state index in [1.165, 1.54) is 30.2 Å². The summed E-state index contributed by atoms with van der Waals surface area (Å²) in [7, 11) is 1.64. The molecular weight excluding hydrogens is 277 g/mol. The van der Waals surface area contributed by atoms with Crippen LogP contribution in [0.5, 0.6) is 0 Å². The summed E-state index contributed by atoms with van der Waals surface area (Å²) in [6, 6.07) is 3.61. The molecule has 6 heteroatoms. The number of pyridine rings is 1. The molecule has 0 aliphatic heterocycles. The minimum absolute atomic E-state index is 0.313. The van der Waals surface area contributed by atoms with Gasteiger partial charge in [0.1, 0.15) is 10.7 Å². The van der Waals surface area contributed by atoms with Crippen LogP contribution in [0.1, 0.15) is 23.4 Å². The van der Waals surface area contributed by atoms with Crippen LogP contribution in [-0.4, -0.2) is 23.1 Å². The number of ether oxygens (including phenoxy) is 1. The molecule has 106 valence electrons. The van der Waals surface area contributed by atoms with Crippen LogP contribution in [0.25, 0.3) is 10.7 Å². The van der Waals surface area contributed by atoms with Crippen LogP contribution < -0.4 is 5.32 Å². The SMILES string of the molecule is COCc1nc(-c2ncccc2F)sc1CNC1CC1. The minimum Gasteiger partial charge on any atom is -0.378 e. The molecule has 1 fully saturated rings. The number of thiazole rings is 1. The van der Waals surface area contributed by atoms with E-state index in [-0.39, 0.29) is 5.82 Å². The Morgan fingerprint density at radius 1 is 1.50 bits per heavy atom. The lowest BCUT2D eigenvalue weighted by molar-refractivity contribution is 0.181. The van der Waals surface area contributed by atoms with Crippen molar-refractivity contribution < 1.29 is 9.13 Å². The standard InChI is InChI=1S/C14H16FN3OS/c1-19-8-11-12(7-17-9-4-5-9)20-14(18-11)13-10(15)3-2-6-16-13/h2-3,6,9,17H,4-5,7-8H2,1H3. The number of hydrogen-bond donors (Lipinski definition) is 1. The second-order valence-electron chi connectivity index (χ2n) is 4.81. The average molecular weight is 293 g/mol. The summed E-state index contributed by atoms with van der Waals surface area (Å²) in [5, 5.41) is 4.07. The highest BCUT2D eigenvalue weighted by Crippen LogP contribution is 2.29. The lowest BCUT2D eigenvalue weighted by Gasteiger charge is -2.02. The molecule has 4 nitrogen and oxygen atoms in total. The molecule has 2 aromatic heterocycles. The Bertz CT molecular complexity index is 598. The van der Waals surface area contributed by atoms with Gasteiger partial charge in [-0.3, -0.25) is 4.98 Å². The molecule has 0 spiro atoms. The Kier molecular flexibility index (Phi) is 4.05. The van der Waals surface area contributed by atoms with E-state index in [1.54, 1.807) is 19.4 Å². The Labute approximate surface area is 121 Å². The summed E-state index contributed by atoms with van der Waals surface area (Å²) in [4.78, 5) is 9.66. The van der Waals surface area contributed by atoms with Crippen LogP contribution in [0.4, 0.5) is 4.39 Å². The molecule has 0 unspecified atom stereocenters. The summed E-state index contributed by atoms with van der Waals surface area (Å²) in [6.07, 6.45) is 4.05. The van der Waals surface area contributed by atoms with Crippen LogP contribution in [0.3, 0.4) is 0 Å². The second kappa shape index (κ2) is 5.95. The highest BCUT2D eigenvalue weighted by atomic mass is 32.1. The quantitative estimate of drug-likeness (QED) is 0.889. The van der Waals surface area contributed by atoms with Crippen molar-refractivity contribution in [3.63, 3.8) is 0 Å². The predicted octanol–water partition coefficient (Wildman–Crippen LogP) is 2.74. The molecule has 0 radical (unpaired) electrons. The monoisotopic (exact) mass is 293 g/mol. The molecule has 0 atom stereocenters. The van der Waals surface area contributed by atoms with E-state index in [4.69, 9.17) is 4.74 Å². The van der Waals surface area contributed by atoms with E-state index in [9.17, 15) is 4.39 Å². The first-order valence-corrected chi connectivity index (χ1v) is 7.41. The van der Waals surface area contributed by atoms with Crippen LogP contribution in [-0.2, 0) is 17.9 Å². The molecule has 0 saturated heterocycles. The van der Waals surface area contributed by atoms with Crippen molar-refractivity contribution in [2.75, 3.05) is 7.11 Å². The van der Waals surface area contributed by atoms with Crippen LogP contribution in [0, 0.1) is 5.82 Å². The topological polar surface area (TPSA) is 47.0 Å². The van der Waals surface area contributed by atoms with Crippen molar-refractivity contribution in [2.45, 2.75) is 32.0 Å². The van der Waals surface area contributed by atoms with E-state index in [0.717, 1.165) is 17.1 Å². The molecule has 1 aliphatic carbocycles. The lowest BCUT2D eigenvalue weighted by Crippen LogP contribution is -2.15. The molecule has 20 heavy (non-hydrogen) atoms. The number of aromatic nitrogens is 2. The number of methoxy groups -OCH3 is 1. The maximum atomic E-state index is 13.8. The third-order valence-electron chi connectivity index (χ3n) is 3.15. The zero-order chi connectivity index (χ0) is 13.9. The van der Waals surface area contributed by atoms with E-state index in [0.29, 0.717) is 23.4 Å². The first kappa shape index (κ1) is 13.6. The molecule has 1 N–H and O–H groups in total. The van der Waals surface area contributed by atoms with Gasteiger partial charge in [0.15, 0.2) is 5.82 Å². The summed E-state index contributed by atoms with van der Waals surface area (Å²) in [6.45, 7) is 1.20. The first-order chi connectivity index (χ1) is 9.78. The molecule has 2 heterocycles. The van der Waals surface area contributed by atoms with Gasteiger partial charge in [0.05, 0.1) is 12.3 Å². The maximum Gasteiger partial charge on any atom is 0.151 e. The summed E-state index contributed by atoms with van der Waals surface area (Å²) >= 11 is 1.48. The largest absolute Gasteiger partial charge is 0.378 e. The van der Waals surface area contributed by atoms with Gasteiger partial charge in [-0.2, -0.15) is 0 Å². The number of hydrogen-bond acceptors (Lipinski definition) is 5. The fraction of sp³-hybridized carbons (Fsp3) is 0.429. The van der Waals surface area contributed by atoms with Gasteiger partial charge < -0.3 is 10.1 Å². The predicted molar refractivity (Wildman–Crippen MR) is 75.9 cm³/mol. The van der Waals surface area contributed by atoms with Gasteiger partial charge in [0, 0.05) is 30.8 Å². The Hall–Kier alpha value is -1.37. The van der Waals surface area contributed by atoms with Crippen molar-refractivity contribution in [3.05, 3.63) is 34.7 Å². The van der Waals surface area contributed by atoms with Crippen molar-refractivity contribution in [2.24, 2.45) is 0 Å². The van der Waals surface area contributed by atoms with Gasteiger partial charge in [-0.05, 0) is 25.0 Å². The second-order valence-corrected chi connectivity index (χ2v) is 5.89. The van der Waals surface area contributed by atoms with Crippen LogP contribution in [0.2, 0.25) is 0 Å². The van der Waals surface area contributed by atoms with Gasteiger partial charge in [-0.15, -0.1) is 11.3 Å². The lowest BCUT2D eigenvalue weighted by atomic mass is 10.3. The van der Waals surface area contributed by atoms with E-state index < -0.39 is 0 Å². The molecule has 3 rings (SSSR count). The van der Waals surface area contributed by atoms with E-state index in [2.05, 4.69) is 15.3 Å². The summed E-state index contributed by atoms with van der Waals surface area (Å²) < 4.78 is 19.0. The van der Waals surface area contributed by atoms with Crippen molar-refractivity contribution >= 4 is 11.3 Å². The minimum atomic E-state index is -0.341. The number of rotatable bonds is 6. The third kappa shape index (κ3) is 3.03. The van der Waals surface area contributed by atoms with Crippen LogP contribution >= 0.6 is 11.3 Å². The zero-order valence-corrected chi connectivity index (χ0v) is 12.0. The van der Waals surface area contributed by atoms with Gasteiger partial charge in [-0.25, -0.2) is 9.37 Å². The summed E-state index contributed by atoms with van der Waals surface area (Å²) in [5.74, 6) is -0.341. The first-order valence-electron chi connectivity index (χ1n) is 6.59. The molecule has 1 saturated carbocycles.